The van der Waals surface area contributed by atoms with Crippen molar-refractivity contribution < 1.29 is 4.79 Å². The number of halogens is 2. The van der Waals surface area contributed by atoms with E-state index in [1.807, 2.05) is 6.92 Å². The van der Waals surface area contributed by atoms with E-state index in [1.54, 1.807) is 31.2 Å². The summed E-state index contributed by atoms with van der Waals surface area (Å²) in [5.41, 5.74) is 1.29. The van der Waals surface area contributed by atoms with Gasteiger partial charge < -0.3 is 5.32 Å². The summed E-state index contributed by atoms with van der Waals surface area (Å²) in [4.78, 5) is 11.5. The number of rotatable bonds is 2. The van der Waals surface area contributed by atoms with Gasteiger partial charge in [-0.15, -0.1) is 0 Å². The molecule has 0 radical (unpaired) electrons. The molecule has 0 unspecified atom stereocenters. The second-order valence-corrected chi connectivity index (χ2v) is 3.87. The first-order valence-corrected chi connectivity index (χ1v) is 5.19. The normalized spacial score (nSPS) is 11.3. The van der Waals surface area contributed by atoms with Crippen LogP contribution in [0.2, 0.25) is 10.0 Å². The summed E-state index contributed by atoms with van der Waals surface area (Å²) in [7, 11) is 0. The summed E-state index contributed by atoms with van der Waals surface area (Å²) in [6, 6.07) is 4.96. The van der Waals surface area contributed by atoms with Crippen molar-refractivity contribution in [2.24, 2.45) is 0 Å². The van der Waals surface area contributed by atoms with Gasteiger partial charge in [0.05, 0.1) is 10.0 Å². The Balaban J connectivity index is 2.82. The topological polar surface area (TPSA) is 29.1 Å². The standard InChI is InChI=1S/C11H11Cl2NO/c1-3-7(2)11(15)14-8-4-5-9(12)10(13)6-8/h3-6H,1-2H3,(H,14,15)/b7-3-. The summed E-state index contributed by atoms with van der Waals surface area (Å²) >= 11 is 11.6. The van der Waals surface area contributed by atoms with Gasteiger partial charge in [-0.3, -0.25) is 4.79 Å². The highest BCUT2D eigenvalue weighted by Gasteiger charge is 2.05. The summed E-state index contributed by atoms with van der Waals surface area (Å²) in [6.07, 6.45) is 1.74. The first-order chi connectivity index (χ1) is 7.04. The van der Waals surface area contributed by atoms with E-state index in [9.17, 15) is 4.79 Å². The van der Waals surface area contributed by atoms with Crippen molar-refractivity contribution >= 4 is 34.8 Å². The predicted molar refractivity (Wildman–Crippen MR) is 64.5 cm³/mol. The van der Waals surface area contributed by atoms with Crippen LogP contribution in [0.25, 0.3) is 0 Å². The van der Waals surface area contributed by atoms with Gasteiger partial charge in [-0.05, 0) is 32.0 Å². The van der Waals surface area contributed by atoms with Crippen LogP contribution in [0, 0.1) is 0 Å². The van der Waals surface area contributed by atoms with Gasteiger partial charge >= 0.3 is 0 Å². The Hall–Kier alpha value is -0.990. The maximum Gasteiger partial charge on any atom is 0.250 e. The van der Waals surface area contributed by atoms with Crippen molar-refractivity contribution in [2.45, 2.75) is 13.8 Å². The quantitative estimate of drug-likeness (QED) is 0.785. The van der Waals surface area contributed by atoms with Crippen molar-refractivity contribution in [1.82, 2.24) is 0 Å². The van der Waals surface area contributed by atoms with Gasteiger partial charge in [0, 0.05) is 11.3 Å². The Bertz CT molecular complexity index is 413. The van der Waals surface area contributed by atoms with Crippen LogP contribution < -0.4 is 5.32 Å². The van der Waals surface area contributed by atoms with Crippen molar-refractivity contribution in [3.63, 3.8) is 0 Å². The summed E-state index contributed by atoms with van der Waals surface area (Å²) in [6.45, 7) is 3.55. The molecule has 0 saturated heterocycles. The lowest BCUT2D eigenvalue weighted by Gasteiger charge is -2.05. The van der Waals surface area contributed by atoms with E-state index in [0.717, 1.165) is 0 Å². The fourth-order valence-electron chi connectivity index (χ4n) is 0.935. The number of nitrogens with one attached hydrogen (secondary N) is 1. The molecule has 2 nitrogen and oxygen atoms in total. The van der Waals surface area contributed by atoms with Crippen LogP contribution in [-0.4, -0.2) is 5.91 Å². The molecule has 1 aromatic rings. The zero-order valence-corrected chi connectivity index (χ0v) is 9.99. The fourth-order valence-corrected chi connectivity index (χ4v) is 1.23. The van der Waals surface area contributed by atoms with E-state index < -0.39 is 0 Å². The van der Waals surface area contributed by atoms with Crippen LogP contribution in [0.4, 0.5) is 5.69 Å². The molecule has 80 valence electrons. The first kappa shape index (κ1) is 12.1. The maximum absolute atomic E-state index is 11.5. The van der Waals surface area contributed by atoms with Crippen molar-refractivity contribution in [3.05, 3.63) is 39.9 Å². The molecule has 0 aliphatic rings. The lowest BCUT2D eigenvalue weighted by Crippen LogP contribution is -2.12. The monoisotopic (exact) mass is 243 g/mol. The lowest BCUT2D eigenvalue weighted by atomic mass is 10.2. The van der Waals surface area contributed by atoms with Crippen LogP contribution in [0.15, 0.2) is 29.8 Å². The molecule has 0 heterocycles. The molecule has 15 heavy (non-hydrogen) atoms. The second kappa shape index (κ2) is 5.19. The van der Waals surface area contributed by atoms with E-state index >= 15 is 0 Å². The van der Waals surface area contributed by atoms with Crippen molar-refractivity contribution in [3.8, 4) is 0 Å². The van der Waals surface area contributed by atoms with Crippen LogP contribution in [0.3, 0.4) is 0 Å². The van der Waals surface area contributed by atoms with E-state index in [0.29, 0.717) is 21.3 Å². The minimum Gasteiger partial charge on any atom is -0.322 e. The molecular weight excluding hydrogens is 233 g/mol. The van der Waals surface area contributed by atoms with Gasteiger partial charge in [-0.25, -0.2) is 0 Å². The molecule has 0 spiro atoms. The molecule has 1 amide bonds. The third kappa shape index (κ3) is 3.26. The van der Waals surface area contributed by atoms with Crippen LogP contribution in [0.5, 0.6) is 0 Å². The molecule has 0 atom stereocenters. The van der Waals surface area contributed by atoms with Gasteiger partial charge in [0.15, 0.2) is 0 Å². The Kier molecular flexibility index (Phi) is 4.18. The molecule has 1 rings (SSSR count). The van der Waals surface area contributed by atoms with E-state index in [4.69, 9.17) is 23.2 Å². The predicted octanol–water partition coefficient (Wildman–Crippen LogP) is 3.90. The Labute approximate surface area is 98.9 Å². The molecule has 0 fully saturated rings. The molecule has 0 bridgehead atoms. The van der Waals surface area contributed by atoms with Crippen LogP contribution in [-0.2, 0) is 4.79 Å². The van der Waals surface area contributed by atoms with Crippen LogP contribution >= 0.6 is 23.2 Å². The molecule has 1 aromatic carbocycles. The van der Waals surface area contributed by atoms with E-state index in [1.165, 1.54) is 0 Å². The van der Waals surface area contributed by atoms with Crippen LogP contribution in [0.1, 0.15) is 13.8 Å². The first-order valence-electron chi connectivity index (χ1n) is 4.44. The molecule has 0 aliphatic heterocycles. The average molecular weight is 244 g/mol. The number of allylic oxidation sites excluding steroid dienone is 1. The number of amides is 1. The van der Waals surface area contributed by atoms with Gasteiger partial charge in [0.1, 0.15) is 0 Å². The number of hydrogen-bond acceptors (Lipinski definition) is 1. The lowest BCUT2D eigenvalue weighted by molar-refractivity contribution is -0.112. The highest BCUT2D eigenvalue weighted by molar-refractivity contribution is 6.42. The molecule has 1 N–H and O–H groups in total. The molecule has 0 aromatic heterocycles. The number of anilines is 1. The number of carbonyl (C=O) groups is 1. The number of benzene rings is 1. The number of hydrogen-bond donors (Lipinski definition) is 1. The maximum atomic E-state index is 11.5. The summed E-state index contributed by atoms with van der Waals surface area (Å²) in [5, 5.41) is 3.60. The van der Waals surface area contributed by atoms with Gasteiger partial charge in [0.2, 0.25) is 0 Å². The summed E-state index contributed by atoms with van der Waals surface area (Å²) < 4.78 is 0. The largest absolute Gasteiger partial charge is 0.322 e. The SMILES string of the molecule is C/C=C(/C)C(=O)Nc1ccc(Cl)c(Cl)c1. The highest BCUT2D eigenvalue weighted by atomic mass is 35.5. The van der Waals surface area contributed by atoms with Gasteiger partial charge in [0.25, 0.3) is 5.91 Å². The molecular formula is C11H11Cl2NO. The average Bonchev–Trinajstić information content (AvgIpc) is 2.22. The third-order valence-corrected chi connectivity index (χ3v) is 2.71. The Morgan fingerprint density at radius 3 is 2.53 bits per heavy atom. The smallest absolute Gasteiger partial charge is 0.250 e. The fraction of sp³-hybridized carbons (Fsp3) is 0.182. The Morgan fingerprint density at radius 1 is 1.33 bits per heavy atom. The van der Waals surface area contributed by atoms with Gasteiger partial charge in [-0.1, -0.05) is 29.3 Å². The third-order valence-electron chi connectivity index (χ3n) is 1.97. The second-order valence-electron chi connectivity index (χ2n) is 3.05. The molecule has 4 heteroatoms. The highest BCUT2D eigenvalue weighted by Crippen LogP contribution is 2.25. The summed E-state index contributed by atoms with van der Waals surface area (Å²) in [5.74, 6) is -0.143. The van der Waals surface area contributed by atoms with Crippen molar-refractivity contribution in [1.29, 1.82) is 0 Å². The van der Waals surface area contributed by atoms with E-state index in [2.05, 4.69) is 5.32 Å². The molecule has 0 saturated carbocycles. The minimum absolute atomic E-state index is 0.143. The zero-order valence-electron chi connectivity index (χ0n) is 8.47. The molecule has 0 aliphatic carbocycles. The minimum atomic E-state index is -0.143. The van der Waals surface area contributed by atoms with Gasteiger partial charge in [-0.2, -0.15) is 0 Å². The number of carbonyl (C=O) groups excluding carboxylic acids is 1. The van der Waals surface area contributed by atoms with E-state index in [-0.39, 0.29) is 5.91 Å². The van der Waals surface area contributed by atoms with Crippen molar-refractivity contribution in [2.75, 3.05) is 5.32 Å². The Morgan fingerprint density at radius 2 is 2.00 bits per heavy atom. The zero-order chi connectivity index (χ0) is 11.4.